The number of hydrogen-bond acceptors (Lipinski definition) is 9. The van der Waals surface area contributed by atoms with Crippen molar-refractivity contribution in [1.29, 1.82) is 0 Å². The van der Waals surface area contributed by atoms with Crippen LogP contribution < -0.4 is 15.5 Å². The Kier molecular flexibility index (Phi) is 8.32. The third kappa shape index (κ3) is 6.40. The average molecular weight is 628 g/mol. The van der Waals surface area contributed by atoms with Crippen LogP contribution in [-0.2, 0) is 0 Å². The van der Waals surface area contributed by atoms with Crippen LogP contribution >= 0.6 is 0 Å². The molecule has 12 nitrogen and oxygen atoms in total. The third-order valence-corrected chi connectivity index (χ3v) is 8.70. The number of fused-ring (bicyclic) bond motifs is 2. The molecule has 0 saturated carbocycles. The Morgan fingerprint density at radius 1 is 0.957 bits per heavy atom. The Hall–Kier alpha value is -5.62. The zero-order chi connectivity index (χ0) is 32.3. The standard InChI is InChI=1S/C35H37N11O/c1-43(2)33-14-12-28(41-42-33)25-11-13-31-30(21-25)38-23-46(31)32-16-18-37-34(40-32)36-17-15-26-22-45(20-19-44(26)3)35(47)39-29-10-6-8-24-7-4-5-9-27(24)29/h4-14,16,18,21,23,26H,15,17,19-20,22H2,1-3H3,(H,39,47)(H,36,37,40). The zero-order valence-electron chi connectivity index (χ0n) is 26.7. The minimum Gasteiger partial charge on any atom is -0.361 e. The van der Waals surface area contributed by atoms with Crippen molar-refractivity contribution in [2.75, 3.05) is 62.9 Å². The van der Waals surface area contributed by atoms with E-state index < -0.39 is 0 Å². The second-order valence-electron chi connectivity index (χ2n) is 12.0. The number of rotatable bonds is 8. The topological polar surface area (TPSA) is 120 Å². The lowest BCUT2D eigenvalue weighted by Crippen LogP contribution is -2.54. The van der Waals surface area contributed by atoms with E-state index in [0.29, 0.717) is 25.6 Å². The molecule has 47 heavy (non-hydrogen) atoms. The maximum Gasteiger partial charge on any atom is 0.321 e. The smallest absolute Gasteiger partial charge is 0.321 e. The third-order valence-electron chi connectivity index (χ3n) is 8.70. The summed E-state index contributed by atoms with van der Waals surface area (Å²) < 4.78 is 1.95. The SMILES string of the molecule is CN(C)c1ccc(-c2ccc3c(c2)ncn3-c2ccnc(NCCC3CN(C(=O)Nc4cccc5ccccc45)CCN3C)n2)nn1. The molecule has 1 atom stereocenters. The minimum absolute atomic E-state index is 0.0710. The van der Waals surface area contributed by atoms with Gasteiger partial charge in [0.15, 0.2) is 5.82 Å². The Morgan fingerprint density at radius 3 is 2.68 bits per heavy atom. The molecular weight excluding hydrogens is 590 g/mol. The van der Waals surface area contributed by atoms with Crippen molar-refractivity contribution in [2.24, 2.45) is 0 Å². The second-order valence-corrected chi connectivity index (χ2v) is 12.0. The lowest BCUT2D eigenvalue weighted by atomic mass is 10.1. The molecule has 0 aliphatic carbocycles. The Bertz CT molecular complexity index is 2020. The number of hydrogen-bond donors (Lipinski definition) is 2. The number of amides is 2. The number of nitrogens with zero attached hydrogens (tertiary/aromatic N) is 9. The van der Waals surface area contributed by atoms with E-state index in [4.69, 9.17) is 4.98 Å². The fourth-order valence-corrected chi connectivity index (χ4v) is 5.96. The fraction of sp³-hybridized carbons (Fsp3) is 0.257. The zero-order valence-corrected chi connectivity index (χ0v) is 26.7. The van der Waals surface area contributed by atoms with E-state index in [-0.39, 0.29) is 12.1 Å². The van der Waals surface area contributed by atoms with Crippen molar-refractivity contribution in [3.8, 4) is 17.1 Å². The van der Waals surface area contributed by atoms with Gasteiger partial charge in [0.25, 0.3) is 0 Å². The fourth-order valence-electron chi connectivity index (χ4n) is 5.96. The van der Waals surface area contributed by atoms with Crippen molar-refractivity contribution < 1.29 is 4.79 Å². The van der Waals surface area contributed by atoms with Crippen molar-refractivity contribution in [3.63, 3.8) is 0 Å². The van der Waals surface area contributed by atoms with Crippen LogP contribution in [0.15, 0.2) is 91.4 Å². The number of urea groups is 1. The molecule has 3 aromatic carbocycles. The van der Waals surface area contributed by atoms with Gasteiger partial charge in [0.05, 0.1) is 22.4 Å². The van der Waals surface area contributed by atoms with Gasteiger partial charge in [-0.15, -0.1) is 10.2 Å². The molecule has 1 fully saturated rings. The molecule has 6 aromatic rings. The van der Waals surface area contributed by atoms with Crippen LogP contribution in [-0.4, -0.2) is 98.9 Å². The van der Waals surface area contributed by atoms with Gasteiger partial charge in [-0.05, 0) is 55.3 Å². The van der Waals surface area contributed by atoms with Crippen LogP contribution in [0.4, 0.5) is 22.2 Å². The van der Waals surface area contributed by atoms with E-state index in [9.17, 15) is 4.79 Å². The molecular formula is C35H37N11O. The second kappa shape index (κ2) is 13.0. The molecule has 1 aliphatic rings. The van der Waals surface area contributed by atoms with Gasteiger partial charge in [0.1, 0.15) is 12.1 Å². The Labute approximate surface area is 273 Å². The molecule has 2 amide bonds. The highest BCUT2D eigenvalue weighted by molar-refractivity contribution is 6.01. The number of likely N-dealkylation sites (N-methyl/N-ethyl adjacent to an activating group) is 1. The summed E-state index contributed by atoms with van der Waals surface area (Å²) in [6, 6.07) is 26.0. The first-order valence-corrected chi connectivity index (χ1v) is 15.7. The van der Waals surface area contributed by atoms with Crippen LogP contribution in [0.3, 0.4) is 0 Å². The molecule has 238 valence electrons. The van der Waals surface area contributed by atoms with Crippen molar-refractivity contribution >= 4 is 45.3 Å². The first-order chi connectivity index (χ1) is 22.9. The van der Waals surface area contributed by atoms with Crippen LogP contribution in [0.1, 0.15) is 6.42 Å². The average Bonchev–Trinajstić information content (AvgIpc) is 3.53. The summed E-state index contributed by atoms with van der Waals surface area (Å²) in [5.74, 6) is 2.07. The summed E-state index contributed by atoms with van der Waals surface area (Å²) in [6.07, 6.45) is 4.35. The number of carbonyl (C=O) groups is 1. The van der Waals surface area contributed by atoms with Gasteiger partial charge < -0.3 is 20.4 Å². The van der Waals surface area contributed by atoms with Gasteiger partial charge in [0.2, 0.25) is 5.95 Å². The van der Waals surface area contributed by atoms with Gasteiger partial charge in [0, 0.05) is 63.5 Å². The van der Waals surface area contributed by atoms with E-state index in [1.165, 1.54) is 0 Å². The quantitative estimate of drug-likeness (QED) is 0.236. The molecule has 3 aromatic heterocycles. The van der Waals surface area contributed by atoms with Gasteiger partial charge >= 0.3 is 6.03 Å². The first-order valence-electron chi connectivity index (χ1n) is 15.7. The molecule has 1 aliphatic heterocycles. The number of imidazole rings is 1. The number of aromatic nitrogens is 6. The molecule has 7 rings (SSSR count). The highest BCUT2D eigenvalue weighted by Crippen LogP contribution is 2.26. The van der Waals surface area contributed by atoms with Crippen molar-refractivity contribution in [1.82, 2.24) is 39.5 Å². The summed E-state index contributed by atoms with van der Waals surface area (Å²) >= 11 is 0. The van der Waals surface area contributed by atoms with E-state index in [0.717, 1.165) is 63.4 Å². The largest absolute Gasteiger partial charge is 0.361 e. The monoisotopic (exact) mass is 627 g/mol. The number of nitrogens with one attached hydrogen (secondary N) is 2. The highest BCUT2D eigenvalue weighted by atomic mass is 16.2. The van der Waals surface area contributed by atoms with E-state index in [1.54, 1.807) is 12.5 Å². The summed E-state index contributed by atoms with van der Waals surface area (Å²) in [5, 5.41) is 17.3. The van der Waals surface area contributed by atoms with Gasteiger partial charge in [-0.3, -0.25) is 9.47 Å². The number of benzene rings is 3. The number of carbonyl (C=O) groups excluding carboxylic acids is 1. The molecule has 0 spiro atoms. The van der Waals surface area contributed by atoms with E-state index in [1.807, 2.05) is 95.2 Å². The van der Waals surface area contributed by atoms with Crippen LogP contribution in [0, 0.1) is 0 Å². The Morgan fingerprint density at radius 2 is 1.83 bits per heavy atom. The summed E-state index contributed by atoms with van der Waals surface area (Å²) in [4.78, 5) is 33.3. The van der Waals surface area contributed by atoms with E-state index >= 15 is 0 Å². The van der Waals surface area contributed by atoms with Crippen LogP contribution in [0.5, 0.6) is 0 Å². The highest BCUT2D eigenvalue weighted by Gasteiger charge is 2.27. The summed E-state index contributed by atoms with van der Waals surface area (Å²) in [7, 11) is 5.99. The van der Waals surface area contributed by atoms with Gasteiger partial charge in [-0.1, -0.05) is 42.5 Å². The molecule has 0 bridgehead atoms. The molecule has 1 saturated heterocycles. The lowest BCUT2D eigenvalue weighted by Gasteiger charge is -2.39. The van der Waals surface area contributed by atoms with Gasteiger partial charge in [-0.25, -0.2) is 14.8 Å². The number of anilines is 3. The van der Waals surface area contributed by atoms with Gasteiger partial charge in [-0.2, -0.15) is 4.98 Å². The summed E-state index contributed by atoms with van der Waals surface area (Å²) in [5.41, 5.74) is 4.34. The molecule has 2 N–H and O–H groups in total. The molecule has 0 radical (unpaired) electrons. The van der Waals surface area contributed by atoms with Crippen molar-refractivity contribution in [3.05, 3.63) is 91.4 Å². The summed E-state index contributed by atoms with van der Waals surface area (Å²) in [6.45, 7) is 2.80. The minimum atomic E-state index is -0.0710. The van der Waals surface area contributed by atoms with E-state index in [2.05, 4.69) is 54.9 Å². The van der Waals surface area contributed by atoms with Crippen LogP contribution in [0.25, 0.3) is 38.9 Å². The normalized spacial score (nSPS) is 15.2. The predicted molar refractivity (Wildman–Crippen MR) is 186 cm³/mol. The Balaban J connectivity index is 0.979. The lowest BCUT2D eigenvalue weighted by molar-refractivity contribution is 0.113. The van der Waals surface area contributed by atoms with Crippen LogP contribution in [0.2, 0.25) is 0 Å². The van der Waals surface area contributed by atoms with Crippen molar-refractivity contribution in [2.45, 2.75) is 12.5 Å². The molecule has 4 heterocycles. The molecule has 12 heteroatoms. The number of piperazine rings is 1. The maximum absolute atomic E-state index is 13.3. The maximum atomic E-state index is 13.3. The predicted octanol–water partition coefficient (Wildman–Crippen LogP) is 5.14. The molecule has 1 unspecified atom stereocenters. The first kappa shape index (κ1) is 30.1.